The topological polar surface area (TPSA) is 595 Å². The molecule has 83 heavy (non-hydrogen) atoms. The first kappa shape index (κ1) is 71.7. The zero-order chi connectivity index (χ0) is 62.2. The van der Waals surface area contributed by atoms with Crippen molar-refractivity contribution in [1.82, 2.24) is 9.80 Å². The molecule has 4 bridgehead atoms. The highest BCUT2D eigenvalue weighted by atomic mass is 16.7. The largest absolute Gasteiger partial charge is 0.506 e. The van der Waals surface area contributed by atoms with Crippen molar-refractivity contribution in [1.29, 1.82) is 0 Å². The van der Waals surface area contributed by atoms with Gasteiger partial charge in [0.1, 0.15) is 85.5 Å². The minimum absolute atomic E-state index is 0.00373. The summed E-state index contributed by atoms with van der Waals surface area (Å²) < 4.78 is 48.4. The van der Waals surface area contributed by atoms with Gasteiger partial charge in [-0.3, -0.25) is 0 Å². The molecule has 0 aromatic carbocycles. The number of nitrogens with zero attached hydrogens (tertiary/aromatic N) is 2. The number of likely N-dealkylation sites (N-methyl/N-ethyl adjacent to an activating group) is 1. The molecule has 6 rings (SSSR count). The summed E-state index contributed by atoms with van der Waals surface area (Å²) in [6, 6.07) is 0. The summed E-state index contributed by atoms with van der Waals surface area (Å²) in [5, 5.41) is 270. The van der Waals surface area contributed by atoms with Gasteiger partial charge in [0.2, 0.25) is 25.2 Å². The molecule has 0 aliphatic carbocycles. The van der Waals surface area contributed by atoms with Crippen LogP contribution >= 0.6 is 0 Å². The molecule has 0 aromatic heterocycles. The van der Waals surface area contributed by atoms with E-state index < -0.39 is 253 Å². The van der Waals surface area contributed by atoms with Crippen LogP contribution in [0.1, 0.15) is 32.1 Å². The molecule has 36 nitrogen and oxygen atoms in total. The molecule has 0 aromatic rings. The minimum Gasteiger partial charge on any atom is -0.506 e. The highest BCUT2D eigenvalue weighted by Crippen LogP contribution is 2.33. The fraction of sp³-hybridized carbons (Fsp3) is 0.830. The fourth-order valence-corrected chi connectivity index (χ4v) is 8.92. The molecule has 484 valence electrons. The first-order valence-corrected chi connectivity index (χ1v) is 26.1. The molecule has 0 spiro atoms. The predicted molar refractivity (Wildman–Crippen MR) is 266 cm³/mol. The summed E-state index contributed by atoms with van der Waals surface area (Å²) in [6.07, 6.45) is -54.0. The van der Waals surface area contributed by atoms with Crippen LogP contribution in [0.5, 0.6) is 0 Å². The molecule has 3 saturated heterocycles. The summed E-state index contributed by atoms with van der Waals surface area (Å²) in [5.74, 6) is -11.8. The Morgan fingerprint density at radius 1 is 0.337 bits per heavy atom. The number of fused-ring (bicyclic) bond motifs is 2. The van der Waals surface area contributed by atoms with E-state index in [1.54, 1.807) is 0 Å². The van der Waals surface area contributed by atoms with E-state index in [9.17, 15) is 128 Å². The number of rotatable bonds is 13. The summed E-state index contributed by atoms with van der Waals surface area (Å²) in [7, 11) is 1.84. The Morgan fingerprint density at radius 3 is 1.07 bits per heavy atom. The lowest BCUT2D eigenvalue weighted by Gasteiger charge is -2.44. The van der Waals surface area contributed by atoms with Crippen LogP contribution in [-0.2, 0) is 42.6 Å². The molecule has 3 fully saturated rings. The van der Waals surface area contributed by atoms with Crippen LogP contribution in [0.15, 0.2) is 46.1 Å². The molecule has 22 atom stereocenters. The van der Waals surface area contributed by atoms with Gasteiger partial charge in [-0.2, -0.15) is 0 Å². The van der Waals surface area contributed by atoms with Crippen LogP contribution in [-0.4, -0.2) is 352 Å². The summed E-state index contributed by atoms with van der Waals surface area (Å²) in [5.41, 5.74) is 0. The van der Waals surface area contributed by atoms with Gasteiger partial charge in [0.25, 0.3) is 0 Å². The van der Waals surface area contributed by atoms with Crippen molar-refractivity contribution in [3.8, 4) is 0 Å². The van der Waals surface area contributed by atoms with Crippen molar-refractivity contribution in [2.24, 2.45) is 0 Å². The number of aliphatic hydroxyl groups is 25. The van der Waals surface area contributed by atoms with Crippen LogP contribution in [0.3, 0.4) is 0 Å². The molecule has 0 radical (unpaired) electrons. The molecule has 0 amide bonds. The van der Waals surface area contributed by atoms with Crippen LogP contribution in [0.4, 0.5) is 0 Å². The van der Waals surface area contributed by atoms with Gasteiger partial charge in [-0.15, -0.1) is 0 Å². The average Bonchev–Trinajstić information content (AvgIpc) is 3.65. The zero-order valence-electron chi connectivity index (χ0n) is 44.8. The van der Waals surface area contributed by atoms with Crippen molar-refractivity contribution in [2.75, 3.05) is 79.4 Å². The van der Waals surface area contributed by atoms with E-state index in [4.69, 9.17) is 42.6 Å². The monoisotopic (exact) mass is 1220 g/mol. The molecule has 6 heterocycles. The lowest BCUT2D eigenvalue weighted by atomic mass is 9.98. The summed E-state index contributed by atoms with van der Waals surface area (Å²) in [6.45, 7) is -3.95. The molecular formula is C47H82N2O34. The molecule has 25 N–H and O–H groups in total. The quantitative estimate of drug-likeness (QED) is 0.0814. The standard InChI is InChI=1S/C47H82N2O34/c1-48-8-10-49(11-9-48)7-2-18-25(56)32(63)42(71)77-20(4-13-51)27(58)35(66)44(73)82-39-23(16-54)81-47(38(69)30(39)61)79-22(6-15-53)29(60)36(67)45(74)83-40-24(17-55)80-46(37(68)31(40)62)78-21(5-14-52)28(59)34(65)43(72)76-19(3-12-50)26(57)33(64)41(70)75-18/h18-24,27,30-31,35,37-47,50-74H,2-17H2,1H3/b32-25+,33-26+,34-28+,36-29+. The van der Waals surface area contributed by atoms with Gasteiger partial charge >= 0.3 is 0 Å². The number of hydrogen-bond donors (Lipinski definition) is 25. The van der Waals surface area contributed by atoms with Crippen molar-refractivity contribution in [2.45, 2.75) is 168 Å². The highest BCUT2D eigenvalue weighted by molar-refractivity contribution is 5.13. The molecule has 6 aliphatic heterocycles. The number of hydrogen-bond acceptors (Lipinski definition) is 36. The lowest BCUT2D eigenvalue weighted by Crippen LogP contribution is -2.62. The molecule has 6 aliphatic rings. The second-order valence-corrected chi connectivity index (χ2v) is 19.6. The van der Waals surface area contributed by atoms with Crippen LogP contribution in [0.25, 0.3) is 0 Å². The highest BCUT2D eigenvalue weighted by Gasteiger charge is 2.51. The van der Waals surface area contributed by atoms with E-state index in [0.29, 0.717) is 26.2 Å². The van der Waals surface area contributed by atoms with Gasteiger partial charge in [0.15, 0.2) is 64.9 Å². The first-order valence-electron chi connectivity index (χ1n) is 26.1. The second-order valence-electron chi connectivity index (χ2n) is 19.6. The molecule has 0 saturated carbocycles. The Labute approximate surface area is 472 Å². The minimum atomic E-state index is -2.79. The molecular weight excluding hydrogens is 1140 g/mol. The summed E-state index contributed by atoms with van der Waals surface area (Å²) in [4.78, 5) is 3.82. The Morgan fingerprint density at radius 2 is 0.687 bits per heavy atom. The maximum Gasteiger partial charge on any atom is 0.218 e. The van der Waals surface area contributed by atoms with E-state index in [-0.39, 0.29) is 6.54 Å². The van der Waals surface area contributed by atoms with E-state index in [2.05, 4.69) is 0 Å². The van der Waals surface area contributed by atoms with Gasteiger partial charge in [0, 0.05) is 78.4 Å². The van der Waals surface area contributed by atoms with Crippen molar-refractivity contribution in [3.63, 3.8) is 0 Å². The van der Waals surface area contributed by atoms with Crippen LogP contribution in [0, 0.1) is 0 Å². The van der Waals surface area contributed by atoms with Crippen molar-refractivity contribution in [3.05, 3.63) is 46.1 Å². The summed E-state index contributed by atoms with van der Waals surface area (Å²) >= 11 is 0. The maximum atomic E-state index is 11.4. The lowest BCUT2D eigenvalue weighted by molar-refractivity contribution is -0.340. The third-order valence-electron chi connectivity index (χ3n) is 13.8. The SMILES string of the molecule is CN1CCN(CCC2OC(O)/C(O)=C(\O)C(CCO)OC(O)/C(O)=C(\O)C(CCO)OC3OC(CO)C(OC(O)/C(O)=C(\O)C(CCO)OC4OC(CO)C(OC(O)C(O)C(O)C(CCO)OC(O)/C(O)=C/2O)C(O)C4O)C(O)C3O)CC1. The van der Waals surface area contributed by atoms with Crippen LogP contribution < -0.4 is 0 Å². The predicted octanol–water partition coefficient (Wildman–Crippen LogP) is -8.63. The van der Waals surface area contributed by atoms with Gasteiger partial charge in [-0.1, -0.05) is 0 Å². The van der Waals surface area contributed by atoms with Gasteiger partial charge in [-0.05, 0) is 19.9 Å². The van der Waals surface area contributed by atoms with E-state index in [0.717, 1.165) is 0 Å². The maximum absolute atomic E-state index is 11.4. The molecule has 22 unspecified atom stereocenters. The normalized spacial score (nSPS) is 43.2. The average molecular weight is 1220 g/mol. The smallest absolute Gasteiger partial charge is 0.218 e. The van der Waals surface area contributed by atoms with Gasteiger partial charge in [-0.25, -0.2) is 0 Å². The second kappa shape index (κ2) is 34.0. The van der Waals surface area contributed by atoms with E-state index in [1.807, 2.05) is 16.8 Å². The first-order chi connectivity index (χ1) is 39.2. The Kier molecular flexibility index (Phi) is 29.3. The number of piperazine rings is 1. The third kappa shape index (κ3) is 18.9. The van der Waals surface area contributed by atoms with Crippen LogP contribution in [0.2, 0.25) is 0 Å². The van der Waals surface area contributed by atoms with E-state index in [1.165, 1.54) is 0 Å². The fourth-order valence-electron chi connectivity index (χ4n) is 8.92. The van der Waals surface area contributed by atoms with Crippen molar-refractivity contribution < 1.29 is 170 Å². The van der Waals surface area contributed by atoms with Gasteiger partial charge < -0.3 is 180 Å². The number of aliphatic hydroxyl groups excluding tert-OH is 25. The Hall–Kier alpha value is -3.76. The Balaban J connectivity index is 1.81. The molecule has 36 heteroatoms. The van der Waals surface area contributed by atoms with Crippen molar-refractivity contribution >= 4 is 0 Å². The third-order valence-corrected chi connectivity index (χ3v) is 13.8. The zero-order valence-corrected chi connectivity index (χ0v) is 44.8. The van der Waals surface area contributed by atoms with E-state index >= 15 is 0 Å². The Bertz CT molecular complexity index is 2060. The number of ether oxygens (including phenoxy) is 9. The van der Waals surface area contributed by atoms with Gasteiger partial charge in [0.05, 0.1) is 19.3 Å².